The second-order valence-electron chi connectivity index (χ2n) is 3.23. The minimum atomic E-state index is -1.23. The van der Waals surface area contributed by atoms with Crippen LogP contribution in [0.15, 0.2) is 24.4 Å². The summed E-state index contributed by atoms with van der Waals surface area (Å²) in [6.45, 7) is 0. The summed E-state index contributed by atoms with van der Waals surface area (Å²) in [6.07, 6.45) is 0.842. The minimum Gasteiger partial charge on any atom is -0.258 e. The Kier molecular flexibility index (Phi) is 3.15. The van der Waals surface area contributed by atoms with Gasteiger partial charge in [0.2, 0.25) is 5.28 Å². The number of rotatable bonds is 2. The van der Waals surface area contributed by atoms with Crippen molar-refractivity contribution in [2.45, 2.75) is 0 Å². The van der Waals surface area contributed by atoms with Crippen LogP contribution in [0.4, 0.5) is 14.5 Å². The van der Waals surface area contributed by atoms with Crippen LogP contribution in [0.1, 0.15) is 0 Å². The summed E-state index contributed by atoms with van der Waals surface area (Å²) >= 11 is 5.50. The molecule has 0 aliphatic rings. The molecule has 0 spiro atoms. The lowest BCUT2D eigenvalue weighted by Gasteiger charge is -2.04. The maximum Gasteiger partial charge on any atom is 0.313 e. The van der Waals surface area contributed by atoms with Crippen LogP contribution < -0.4 is 0 Å². The Hall–Kier alpha value is -2.15. The van der Waals surface area contributed by atoms with E-state index in [1.165, 1.54) is 12.1 Å². The summed E-state index contributed by atoms with van der Waals surface area (Å²) in [5.74, 6) is -2.35. The molecule has 0 fully saturated rings. The lowest BCUT2D eigenvalue weighted by atomic mass is 10.1. The third-order valence-electron chi connectivity index (χ3n) is 2.14. The molecule has 1 aromatic carbocycles. The molecule has 92 valence electrons. The maximum absolute atomic E-state index is 13.6. The number of aromatic nitrogens is 2. The van der Waals surface area contributed by atoms with Crippen LogP contribution in [0.25, 0.3) is 11.3 Å². The van der Waals surface area contributed by atoms with Crippen molar-refractivity contribution in [2.24, 2.45) is 0 Å². The molecule has 0 radical (unpaired) electrons. The van der Waals surface area contributed by atoms with Crippen LogP contribution in [0.2, 0.25) is 5.28 Å². The smallest absolute Gasteiger partial charge is 0.258 e. The lowest BCUT2D eigenvalue weighted by Crippen LogP contribution is -1.99. The Morgan fingerprint density at radius 2 is 2.06 bits per heavy atom. The molecule has 1 aromatic heterocycles. The van der Waals surface area contributed by atoms with Gasteiger partial charge in [0.05, 0.1) is 4.92 Å². The van der Waals surface area contributed by atoms with Gasteiger partial charge in [-0.15, -0.1) is 0 Å². The molecule has 0 amide bonds. The molecule has 2 rings (SSSR count). The largest absolute Gasteiger partial charge is 0.313 e. The number of hydrogen-bond donors (Lipinski definition) is 0. The highest BCUT2D eigenvalue weighted by Gasteiger charge is 2.22. The molecule has 1 heterocycles. The Balaban J connectivity index is 2.73. The average molecular weight is 272 g/mol. The van der Waals surface area contributed by atoms with E-state index in [0.717, 1.165) is 12.3 Å². The van der Waals surface area contributed by atoms with Gasteiger partial charge < -0.3 is 0 Å². The first-order valence-electron chi connectivity index (χ1n) is 4.62. The van der Waals surface area contributed by atoms with Gasteiger partial charge in [0.1, 0.15) is 6.20 Å². The van der Waals surface area contributed by atoms with Crippen LogP contribution in [0, 0.1) is 21.7 Å². The molecular formula is C10H4ClF2N3O2. The van der Waals surface area contributed by atoms with Gasteiger partial charge in [0, 0.05) is 5.56 Å². The van der Waals surface area contributed by atoms with Crippen LogP contribution in [-0.4, -0.2) is 14.9 Å². The molecule has 0 saturated carbocycles. The van der Waals surface area contributed by atoms with E-state index in [2.05, 4.69) is 9.97 Å². The highest BCUT2D eigenvalue weighted by molar-refractivity contribution is 6.28. The lowest BCUT2D eigenvalue weighted by molar-refractivity contribution is -0.384. The topological polar surface area (TPSA) is 68.9 Å². The SMILES string of the molecule is O=[N+]([O-])c1cnc(Cl)nc1-c1cccc(F)c1F. The van der Waals surface area contributed by atoms with E-state index >= 15 is 0 Å². The zero-order valence-corrected chi connectivity index (χ0v) is 9.36. The molecule has 2 aromatic rings. The molecule has 8 heteroatoms. The quantitative estimate of drug-likeness (QED) is 0.478. The van der Waals surface area contributed by atoms with E-state index in [1.807, 2.05) is 0 Å². The van der Waals surface area contributed by atoms with Gasteiger partial charge in [-0.1, -0.05) is 6.07 Å². The van der Waals surface area contributed by atoms with Gasteiger partial charge in [0.25, 0.3) is 0 Å². The zero-order valence-electron chi connectivity index (χ0n) is 8.60. The van der Waals surface area contributed by atoms with Crippen LogP contribution in [-0.2, 0) is 0 Å². The summed E-state index contributed by atoms with van der Waals surface area (Å²) in [7, 11) is 0. The summed E-state index contributed by atoms with van der Waals surface area (Å²) < 4.78 is 26.6. The summed E-state index contributed by atoms with van der Waals surface area (Å²) in [4.78, 5) is 17.0. The van der Waals surface area contributed by atoms with Crippen molar-refractivity contribution in [3.05, 3.63) is 51.4 Å². The number of halogens is 3. The van der Waals surface area contributed by atoms with Crippen LogP contribution >= 0.6 is 11.6 Å². The van der Waals surface area contributed by atoms with Crippen molar-refractivity contribution >= 4 is 17.3 Å². The Morgan fingerprint density at radius 3 is 2.72 bits per heavy atom. The first kappa shape index (κ1) is 12.3. The van der Waals surface area contributed by atoms with Crippen molar-refractivity contribution in [3.8, 4) is 11.3 Å². The molecule has 0 N–H and O–H groups in total. The van der Waals surface area contributed by atoms with E-state index in [0.29, 0.717) is 0 Å². The maximum atomic E-state index is 13.6. The van der Waals surface area contributed by atoms with Gasteiger partial charge in [0.15, 0.2) is 17.3 Å². The van der Waals surface area contributed by atoms with Gasteiger partial charge >= 0.3 is 5.69 Å². The molecule has 5 nitrogen and oxygen atoms in total. The second-order valence-corrected chi connectivity index (χ2v) is 3.57. The van der Waals surface area contributed by atoms with Crippen LogP contribution in [0.3, 0.4) is 0 Å². The van der Waals surface area contributed by atoms with E-state index in [-0.39, 0.29) is 16.5 Å². The number of hydrogen-bond acceptors (Lipinski definition) is 4. The summed E-state index contributed by atoms with van der Waals surface area (Å²) in [5.41, 5.74) is -1.26. The monoisotopic (exact) mass is 271 g/mol. The molecule has 18 heavy (non-hydrogen) atoms. The molecule has 0 aliphatic heterocycles. The number of benzene rings is 1. The third kappa shape index (κ3) is 2.12. The minimum absolute atomic E-state index is 0.292. The molecule has 0 atom stereocenters. The van der Waals surface area contributed by atoms with Crippen molar-refractivity contribution in [1.29, 1.82) is 0 Å². The first-order valence-corrected chi connectivity index (χ1v) is 5.00. The molecule has 0 unspecified atom stereocenters. The second kappa shape index (κ2) is 4.61. The Labute approximate surface area is 104 Å². The van der Waals surface area contributed by atoms with E-state index in [4.69, 9.17) is 11.6 Å². The highest BCUT2D eigenvalue weighted by atomic mass is 35.5. The van der Waals surface area contributed by atoms with Crippen molar-refractivity contribution < 1.29 is 13.7 Å². The third-order valence-corrected chi connectivity index (χ3v) is 2.33. The Morgan fingerprint density at radius 1 is 1.33 bits per heavy atom. The fraction of sp³-hybridized carbons (Fsp3) is 0. The number of nitrogens with zero attached hydrogens (tertiary/aromatic N) is 3. The fourth-order valence-corrected chi connectivity index (χ4v) is 1.51. The van der Waals surface area contributed by atoms with E-state index in [1.54, 1.807) is 0 Å². The predicted molar refractivity (Wildman–Crippen MR) is 59.0 cm³/mol. The molecule has 0 saturated heterocycles. The highest BCUT2D eigenvalue weighted by Crippen LogP contribution is 2.30. The van der Waals surface area contributed by atoms with Crippen molar-refractivity contribution in [2.75, 3.05) is 0 Å². The van der Waals surface area contributed by atoms with Gasteiger partial charge in [-0.3, -0.25) is 10.1 Å². The normalized spacial score (nSPS) is 10.4. The Bertz CT molecular complexity index is 637. The van der Waals surface area contributed by atoms with E-state index < -0.39 is 22.2 Å². The van der Waals surface area contributed by atoms with E-state index in [9.17, 15) is 18.9 Å². The molecular weight excluding hydrogens is 268 g/mol. The predicted octanol–water partition coefficient (Wildman–Crippen LogP) is 2.98. The van der Waals surface area contributed by atoms with Crippen molar-refractivity contribution in [3.63, 3.8) is 0 Å². The van der Waals surface area contributed by atoms with Gasteiger partial charge in [-0.05, 0) is 23.7 Å². The zero-order chi connectivity index (χ0) is 13.3. The van der Waals surface area contributed by atoms with Gasteiger partial charge in [-0.2, -0.15) is 0 Å². The van der Waals surface area contributed by atoms with Crippen LogP contribution in [0.5, 0.6) is 0 Å². The standard InChI is InChI=1S/C10H4ClF2N3O2/c11-10-14-4-7(16(17)18)9(15-10)5-2-1-3-6(12)8(5)13/h1-4H. The van der Waals surface area contributed by atoms with Crippen molar-refractivity contribution in [1.82, 2.24) is 9.97 Å². The fourth-order valence-electron chi connectivity index (χ4n) is 1.37. The molecule has 0 bridgehead atoms. The summed E-state index contributed by atoms with van der Waals surface area (Å²) in [5, 5.41) is 10.5. The van der Waals surface area contributed by atoms with Gasteiger partial charge in [-0.25, -0.2) is 18.7 Å². The molecule has 0 aliphatic carbocycles. The average Bonchev–Trinajstić information content (AvgIpc) is 2.32. The first-order chi connectivity index (χ1) is 8.50. The number of nitro groups is 1. The summed E-state index contributed by atoms with van der Waals surface area (Å²) in [6, 6.07) is 3.28.